The summed E-state index contributed by atoms with van der Waals surface area (Å²) < 4.78 is 0. The molecule has 0 atom stereocenters. The van der Waals surface area contributed by atoms with E-state index in [1.54, 1.807) is 0 Å². The lowest BCUT2D eigenvalue weighted by atomic mass is 10.1. The molecule has 13 heavy (non-hydrogen) atoms. The quantitative estimate of drug-likeness (QED) is 0.635. The molecule has 1 aliphatic rings. The second-order valence-electron chi connectivity index (χ2n) is 2.61. The molecule has 0 saturated carbocycles. The normalized spacial score (nSPS) is 12.9. The SMILES string of the molecule is C=C1NCc2ccccc2N1.CC. The van der Waals surface area contributed by atoms with Crippen molar-refractivity contribution in [1.82, 2.24) is 5.32 Å². The van der Waals surface area contributed by atoms with Crippen molar-refractivity contribution in [2.45, 2.75) is 20.4 Å². The average molecular weight is 176 g/mol. The fourth-order valence-electron chi connectivity index (χ4n) is 1.21. The van der Waals surface area contributed by atoms with E-state index in [0.29, 0.717) is 0 Å². The van der Waals surface area contributed by atoms with Gasteiger partial charge in [-0.2, -0.15) is 0 Å². The topological polar surface area (TPSA) is 24.1 Å². The van der Waals surface area contributed by atoms with Crippen LogP contribution in [0, 0.1) is 0 Å². The van der Waals surface area contributed by atoms with Gasteiger partial charge in [0.25, 0.3) is 0 Å². The van der Waals surface area contributed by atoms with E-state index in [-0.39, 0.29) is 0 Å². The number of hydrogen-bond donors (Lipinski definition) is 2. The zero-order chi connectivity index (χ0) is 9.68. The fraction of sp³-hybridized carbons (Fsp3) is 0.273. The second kappa shape index (κ2) is 4.55. The van der Waals surface area contributed by atoms with Crippen LogP contribution in [0.4, 0.5) is 5.69 Å². The van der Waals surface area contributed by atoms with Crippen LogP contribution in [0.15, 0.2) is 36.7 Å². The van der Waals surface area contributed by atoms with Crippen LogP contribution in [0.3, 0.4) is 0 Å². The van der Waals surface area contributed by atoms with Crippen molar-refractivity contribution in [3.63, 3.8) is 0 Å². The van der Waals surface area contributed by atoms with Gasteiger partial charge in [-0.05, 0) is 11.6 Å². The predicted molar refractivity (Wildman–Crippen MR) is 57.4 cm³/mol. The Hall–Kier alpha value is -1.44. The number of anilines is 1. The summed E-state index contributed by atoms with van der Waals surface area (Å²) in [5.41, 5.74) is 2.45. The molecule has 0 amide bonds. The summed E-state index contributed by atoms with van der Waals surface area (Å²) >= 11 is 0. The smallest absolute Gasteiger partial charge is 0.0959 e. The second-order valence-corrected chi connectivity index (χ2v) is 2.61. The molecule has 0 bridgehead atoms. The first kappa shape index (κ1) is 9.65. The molecule has 2 heteroatoms. The molecule has 0 fully saturated rings. The van der Waals surface area contributed by atoms with E-state index < -0.39 is 0 Å². The van der Waals surface area contributed by atoms with Crippen LogP contribution in [0.5, 0.6) is 0 Å². The summed E-state index contributed by atoms with van der Waals surface area (Å²) in [5, 5.41) is 6.29. The largest absolute Gasteiger partial charge is 0.368 e. The summed E-state index contributed by atoms with van der Waals surface area (Å²) in [4.78, 5) is 0. The Bertz CT molecular complexity index is 292. The van der Waals surface area contributed by atoms with E-state index in [1.807, 2.05) is 26.0 Å². The number of benzene rings is 1. The zero-order valence-electron chi connectivity index (χ0n) is 8.22. The molecular formula is C11H16N2. The maximum Gasteiger partial charge on any atom is 0.0959 e. The van der Waals surface area contributed by atoms with E-state index in [2.05, 4.69) is 29.3 Å². The first-order chi connectivity index (χ1) is 6.36. The molecule has 0 aromatic heterocycles. The average Bonchev–Trinajstić information content (AvgIpc) is 2.21. The van der Waals surface area contributed by atoms with Gasteiger partial charge < -0.3 is 10.6 Å². The van der Waals surface area contributed by atoms with E-state index in [1.165, 1.54) is 5.56 Å². The summed E-state index contributed by atoms with van der Waals surface area (Å²) in [5.74, 6) is 0.878. The molecule has 0 aliphatic carbocycles. The molecule has 2 N–H and O–H groups in total. The lowest BCUT2D eigenvalue weighted by molar-refractivity contribution is 0.796. The van der Waals surface area contributed by atoms with Gasteiger partial charge >= 0.3 is 0 Å². The predicted octanol–water partition coefficient (Wildman–Crippen LogP) is 2.70. The third kappa shape index (κ3) is 2.25. The number of para-hydroxylation sites is 1. The third-order valence-electron chi connectivity index (χ3n) is 1.80. The van der Waals surface area contributed by atoms with Crippen molar-refractivity contribution >= 4 is 5.69 Å². The van der Waals surface area contributed by atoms with Crippen molar-refractivity contribution in [2.24, 2.45) is 0 Å². The number of nitrogens with one attached hydrogen (secondary N) is 2. The first-order valence-corrected chi connectivity index (χ1v) is 4.64. The Kier molecular flexibility index (Phi) is 3.38. The maximum absolute atomic E-state index is 3.79. The van der Waals surface area contributed by atoms with Gasteiger partial charge in [0.15, 0.2) is 0 Å². The molecule has 2 nitrogen and oxygen atoms in total. The molecule has 0 unspecified atom stereocenters. The van der Waals surface area contributed by atoms with Gasteiger partial charge in [-0.3, -0.25) is 0 Å². The van der Waals surface area contributed by atoms with Crippen LogP contribution >= 0.6 is 0 Å². The highest BCUT2D eigenvalue weighted by atomic mass is 15.1. The fourth-order valence-corrected chi connectivity index (χ4v) is 1.21. The first-order valence-electron chi connectivity index (χ1n) is 4.64. The Balaban J connectivity index is 0.000000396. The molecule has 0 spiro atoms. The van der Waals surface area contributed by atoms with Gasteiger partial charge in [-0.25, -0.2) is 0 Å². The van der Waals surface area contributed by atoms with Crippen LogP contribution in [0.1, 0.15) is 19.4 Å². The Labute approximate surface area is 79.7 Å². The monoisotopic (exact) mass is 176 g/mol. The maximum atomic E-state index is 3.79. The van der Waals surface area contributed by atoms with Crippen LogP contribution in [0.2, 0.25) is 0 Å². The highest BCUT2D eigenvalue weighted by Gasteiger charge is 2.07. The van der Waals surface area contributed by atoms with Gasteiger partial charge in [0.05, 0.1) is 5.82 Å². The van der Waals surface area contributed by atoms with Crippen LogP contribution < -0.4 is 10.6 Å². The molecule has 0 radical (unpaired) electrons. The minimum Gasteiger partial charge on any atom is -0.368 e. The molecule has 70 valence electrons. The van der Waals surface area contributed by atoms with Gasteiger partial charge in [0.1, 0.15) is 0 Å². The highest BCUT2D eigenvalue weighted by Crippen LogP contribution is 2.19. The molecular weight excluding hydrogens is 160 g/mol. The van der Waals surface area contributed by atoms with E-state index in [9.17, 15) is 0 Å². The summed E-state index contributed by atoms with van der Waals surface area (Å²) in [6.07, 6.45) is 0. The number of rotatable bonds is 0. The van der Waals surface area contributed by atoms with Crippen molar-refractivity contribution < 1.29 is 0 Å². The Morgan fingerprint density at radius 1 is 1.23 bits per heavy atom. The van der Waals surface area contributed by atoms with E-state index in [0.717, 1.165) is 18.1 Å². The molecule has 1 aliphatic heterocycles. The lowest BCUT2D eigenvalue weighted by Crippen LogP contribution is -2.24. The molecule has 1 heterocycles. The third-order valence-corrected chi connectivity index (χ3v) is 1.80. The van der Waals surface area contributed by atoms with Gasteiger partial charge in [-0.15, -0.1) is 0 Å². The van der Waals surface area contributed by atoms with Gasteiger partial charge in [0.2, 0.25) is 0 Å². The Morgan fingerprint density at radius 2 is 1.92 bits per heavy atom. The number of hydrogen-bond acceptors (Lipinski definition) is 2. The van der Waals surface area contributed by atoms with Crippen molar-refractivity contribution in [2.75, 3.05) is 5.32 Å². The summed E-state index contributed by atoms with van der Waals surface area (Å²) in [6.45, 7) is 8.67. The summed E-state index contributed by atoms with van der Waals surface area (Å²) in [7, 11) is 0. The van der Waals surface area contributed by atoms with Crippen LogP contribution in [-0.2, 0) is 6.54 Å². The van der Waals surface area contributed by atoms with Crippen molar-refractivity contribution in [1.29, 1.82) is 0 Å². The molecule has 1 aromatic carbocycles. The summed E-state index contributed by atoms with van der Waals surface area (Å²) in [6, 6.07) is 8.21. The minimum absolute atomic E-state index is 0.877. The Morgan fingerprint density at radius 3 is 2.69 bits per heavy atom. The molecule has 2 rings (SSSR count). The molecule has 1 aromatic rings. The zero-order valence-corrected chi connectivity index (χ0v) is 8.22. The van der Waals surface area contributed by atoms with Gasteiger partial charge in [0, 0.05) is 12.2 Å². The van der Waals surface area contributed by atoms with Gasteiger partial charge in [-0.1, -0.05) is 38.6 Å². The lowest BCUT2D eigenvalue weighted by Gasteiger charge is -2.21. The van der Waals surface area contributed by atoms with E-state index in [4.69, 9.17) is 0 Å². The van der Waals surface area contributed by atoms with E-state index >= 15 is 0 Å². The standard InChI is InChI=1S/C9H10N2.C2H6/c1-7-10-6-8-4-2-3-5-9(8)11-7;1-2/h2-5,10-11H,1,6H2;1-2H3. The van der Waals surface area contributed by atoms with Crippen LogP contribution in [-0.4, -0.2) is 0 Å². The molecule has 0 saturated heterocycles. The number of fused-ring (bicyclic) bond motifs is 1. The van der Waals surface area contributed by atoms with Crippen molar-refractivity contribution in [3.8, 4) is 0 Å². The van der Waals surface area contributed by atoms with Crippen molar-refractivity contribution in [3.05, 3.63) is 42.2 Å². The minimum atomic E-state index is 0.877. The van der Waals surface area contributed by atoms with Crippen LogP contribution in [0.25, 0.3) is 0 Å². The highest BCUT2D eigenvalue weighted by molar-refractivity contribution is 5.56.